The summed E-state index contributed by atoms with van der Waals surface area (Å²) in [7, 11) is 0. The van der Waals surface area contributed by atoms with Gasteiger partial charge in [-0.2, -0.15) is 0 Å². The Bertz CT molecular complexity index is 925. The lowest BCUT2D eigenvalue weighted by Gasteiger charge is -2.22. The summed E-state index contributed by atoms with van der Waals surface area (Å²) >= 11 is 1.32. The van der Waals surface area contributed by atoms with Gasteiger partial charge in [-0.25, -0.2) is 14.2 Å². The maximum Gasteiger partial charge on any atom is 0.325 e. The highest BCUT2D eigenvalue weighted by Crippen LogP contribution is 2.40. The first-order chi connectivity index (χ1) is 12.9. The molecule has 2 heterocycles. The summed E-state index contributed by atoms with van der Waals surface area (Å²) in [5.41, 5.74) is 0.0686. The number of rotatable bonds is 5. The third kappa shape index (κ3) is 3.30. The summed E-state index contributed by atoms with van der Waals surface area (Å²) in [5.74, 6) is -1.02. The van der Waals surface area contributed by atoms with E-state index in [2.05, 4.69) is 15.6 Å². The molecule has 4 rings (SSSR count). The van der Waals surface area contributed by atoms with Gasteiger partial charge in [0.2, 0.25) is 5.91 Å². The van der Waals surface area contributed by atoms with Crippen molar-refractivity contribution in [2.45, 2.75) is 31.2 Å². The van der Waals surface area contributed by atoms with Crippen molar-refractivity contribution >= 4 is 34.3 Å². The SMILES string of the molecule is CC1(c2ccc(F)cc2)NC(=O)N(CC(=O)Nc2nc(C3CC3)cs2)C1=O. The maximum atomic E-state index is 13.1. The van der Waals surface area contributed by atoms with Crippen molar-refractivity contribution in [3.05, 3.63) is 46.7 Å². The molecule has 1 aromatic carbocycles. The maximum absolute atomic E-state index is 13.1. The first kappa shape index (κ1) is 17.6. The van der Waals surface area contributed by atoms with Crippen LogP contribution < -0.4 is 10.6 Å². The van der Waals surface area contributed by atoms with Gasteiger partial charge in [-0.1, -0.05) is 12.1 Å². The molecule has 1 aliphatic carbocycles. The molecule has 0 bridgehead atoms. The number of benzene rings is 1. The summed E-state index contributed by atoms with van der Waals surface area (Å²) in [6.07, 6.45) is 2.23. The van der Waals surface area contributed by atoms with Crippen molar-refractivity contribution in [1.29, 1.82) is 0 Å². The molecule has 1 saturated heterocycles. The zero-order valence-electron chi connectivity index (χ0n) is 14.5. The zero-order chi connectivity index (χ0) is 19.2. The van der Waals surface area contributed by atoms with Gasteiger partial charge in [0.25, 0.3) is 5.91 Å². The summed E-state index contributed by atoms with van der Waals surface area (Å²) in [4.78, 5) is 42.5. The lowest BCUT2D eigenvalue weighted by Crippen LogP contribution is -2.42. The number of hydrogen-bond acceptors (Lipinski definition) is 5. The van der Waals surface area contributed by atoms with Crippen molar-refractivity contribution in [3.8, 4) is 0 Å². The minimum absolute atomic E-state index is 0.417. The Labute approximate surface area is 158 Å². The second kappa shape index (κ2) is 6.41. The molecule has 1 unspecified atom stereocenters. The molecule has 0 spiro atoms. The molecule has 2 aliphatic rings. The van der Waals surface area contributed by atoms with Gasteiger partial charge in [0.05, 0.1) is 5.69 Å². The molecule has 4 amide bonds. The van der Waals surface area contributed by atoms with Crippen molar-refractivity contribution in [2.75, 3.05) is 11.9 Å². The fourth-order valence-electron chi connectivity index (χ4n) is 3.03. The molecule has 2 N–H and O–H groups in total. The third-order valence-corrected chi connectivity index (χ3v) is 5.54. The van der Waals surface area contributed by atoms with Crippen molar-refractivity contribution in [2.24, 2.45) is 0 Å². The summed E-state index contributed by atoms with van der Waals surface area (Å²) < 4.78 is 13.1. The molecule has 1 aromatic heterocycles. The number of amides is 4. The molecule has 9 heteroatoms. The van der Waals surface area contributed by atoms with Crippen LogP contribution in [0.1, 0.15) is 36.9 Å². The van der Waals surface area contributed by atoms with Gasteiger partial charge >= 0.3 is 6.03 Å². The number of imide groups is 1. The van der Waals surface area contributed by atoms with E-state index in [-0.39, 0.29) is 0 Å². The highest BCUT2D eigenvalue weighted by molar-refractivity contribution is 7.13. The quantitative estimate of drug-likeness (QED) is 0.770. The van der Waals surface area contributed by atoms with Gasteiger partial charge in [0, 0.05) is 11.3 Å². The normalized spacial score (nSPS) is 22.1. The van der Waals surface area contributed by atoms with Gasteiger partial charge in [-0.15, -0.1) is 11.3 Å². The number of aromatic nitrogens is 1. The predicted molar refractivity (Wildman–Crippen MR) is 96.7 cm³/mol. The van der Waals surface area contributed by atoms with Gasteiger partial charge < -0.3 is 10.6 Å². The zero-order valence-corrected chi connectivity index (χ0v) is 15.3. The molecule has 2 fully saturated rings. The van der Waals surface area contributed by atoms with Crippen LogP contribution in [0, 0.1) is 5.82 Å². The summed E-state index contributed by atoms with van der Waals surface area (Å²) in [6.45, 7) is 1.11. The first-order valence-electron chi connectivity index (χ1n) is 8.52. The molecular formula is C18H17FN4O3S. The Hall–Kier alpha value is -2.81. The van der Waals surface area contributed by atoms with E-state index in [1.54, 1.807) is 0 Å². The molecule has 1 saturated carbocycles. The van der Waals surface area contributed by atoms with Crippen LogP contribution in [0.5, 0.6) is 0 Å². The number of nitrogens with zero attached hydrogens (tertiary/aromatic N) is 2. The summed E-state index contributed by atoms with van der Waals surface area (Å²) in [5, 5.41) is 7.58. The van der Waals surface area contributed by atoms with E-state index in [0.29, 0.717) is 16.6 Å². The van der Waals surface area contributed by atoms with E-state index in [1.807, 2.05) is 5.38 Å². The van der Waals surface area contributed by atoms with E-state index < -0.39 is 35.7 Å². The summed E-state index contributed by atoms with van der Waals surface area (Å²) in [6, 6.07) is 4.64. The molecule has 27 heavy (non-hydrogen) atoms. The van der Waals surface area contributed by atoms with Crippen molar-refractivity contribution in [1.82, 2.24) is 15.2 Å². The average Bonchev–Trinajstić information content (AvgIpc) is 3.34. The number of carbonyl (C=O) groups excluding carboxylic acids is 3. The van der Waals surface area contributed by atoms with Crippen LogP contribution in [0.15, 0.2) is 29.6 Å². The molecular weight excluding hydrogens is 371 g/mol. The molecule has 140 valence electrons. The van der Waals surface area contributed by atoms with Gasteiger partial charge in [0.15, 0.2) is 5.13 Å². The number of nitrogens with one attached hydrogen (secondary N) is 2. The van der Waals surface area contributed by atoms with Crippen LogP contribution in [0.4, 0.5) is 14.3 Å². The third-order valence-electron chi connectivity index (χ3n) is 4.76. The molecule has 2 aromatic rings. The fraction of sp³-hybridized carbons (Fsp3) is 0.333. The van der Waals surface area contributed by atoms with Crippen molar-refractivity contribution in [3.63, 3.8) is 0 Å². The van der Waals surface area contributed by atoms with Crippen LogP contribution in [0.25, 0.3) is 0 Å². The van der Waals surface area contributed by atoms with E-state index in [4.69, 9.17) is 0 Å². The minimum Gasteiger partial charge on any atom is -0.319 e. The van der Waals surface area contributed by atoms with Crippen LogP contribution in [0.2, 0.25) is 0 Å². The number of anilines is 1. The smallest absolute Gasteiger partial charge is 0.319 e. The van der Waals surface area contributed by atoms with Gasteiger partial charge in [-0.05, 0) is 37.5 Å². The second-order valence-electron chi connectivity index (χ2n) is 6.85. The largest absolute Gasteiger partial charge is 0.325 e. The Balaban J connectivity index is 1.45. The highest BCUT2D eigenvalue weighted by atomic mass is 32.1. The van der Waals surface area contributed by atoms with E-state index in [0.717, 1.165) is 23.4 Å². The first-order valence-corrected chi connectivity index (χ1v) is 9.40. The second-order valence-corrected chi connectivity index (χ2v) is 7.71. The Kier molecular flexibility index (Phi) is 4.18. The Morgan fingerprint density at radius 2 is 2.07 bits per heavy atom. The lowest BCUT2D eigenvalue weighted by atomic mass is 9.92. The highest BCUT2D eigenvalue weighted by Gasteiger charge is 2.49. The number of hydrogen-bond donors (Lipinski definition) is 2. The fourth-order valence-corrected chi connectivity index (χ4v) is 3.84. The van der Waals surface area contributed by atoms with Gasteiger partial charge in [0.1, 0.15) is 17.9 Å². The molecule has 7 nitrogen and oxygen atoms in total. The molecule has 1 aliphatic heterocycles. The van der Waals surface area contributed by atoms with Crippen LogP contribution in [-0.4, -0.2) is 34.3 Å². The predicted octanol–water partition coefficient (Wildman–Crippen LogP) is 2.57. The van der Waals surface area contributed by atoms with Gasteiger partial charge in [-0.3, -0.25) is 14.5 Å². The van der Waals surface area contributed by atoms with Crippen molar-refractivity contribution < 1.29 is 18.8 Å². The lowest BCUT2D eigenvalue weighted by molar-refractivity contribution is -0.133. The standard InChI is InChI=1S/C18H17FN4O3S/c1-18(11-4-6-12(19)7-5-11)15(25)23(17(26)22-18)8-14(24)21-16-20-13(9-27-16)10-2-3-10/h4-7,9-10H,2-3,8H2,1H3,(H,22,26)(H,20,21,24). The van der Waals surface area contributed by atoms with E-state index in [1.165, 1.54) is 42.5 Å². The van der Waals surface area contributed by atoms with Crippen LogP contribution in [0.3, 0.4) is 0 Å². The topological polar surface area (TPSA) is 91.4 Å². The number of carbonyl (C=O) groups is 3. The van der Waals surface area contributed by atoms with E-state index >= 15 is 0 Å². The number of urea groups is 1. The number of halogens is 1. The minimum atomic E-state index is -1.34. The van der Waals surface area contributed by atoms with E-state index in [9.17, 15) is 18.8 Å². The Morgan fingerprint density at radius 1 is 1.37 bits per heavy atom. The van der Waals surface area contributed by atoms with Crippen LogP contribution in [-0.2, 0) is 15.1 Å². The Morgan fingerprint density at radius 3 is 2.74 bits per heavy atom. The van der Waals surface area contributed by atoms with Crippen LogP contribution >= 0.6 is 11.3 Å². The molecule has 1 atom stereocenters. The number of thiazole rings is 1. The monoisotopic (exact) mass is 388 g/mol. The molecule has 0 radical (unpaired) electrons. The average molecular weight is 388 g/mol.